The van der Waals surface area contributed by atoms with Crippen LogP contribution in [0.2, 0.25) is 13.3 Å². The normalized spacial score (nSPS) is 11.7. The molecule has 1 rings (SSSR count). The first-order valence-electron chi connectivity index (χ1n) is 14.8. The van der Waals surface area contributed by atoms with E-state index in [-0.39, 0.29) is 0 Å². The van der Waals surface area contributed by atoms with E-state index in [4.69, 9.17) is 0 Å². The molecule has 2 heteroatoms. The second-order valence-corrected chi connectivity index (χ2v) is 23.4. The molecule has 0 amide bonds. The van der Waals surface area contributed by atoms with E-state index in [1.54, 1.807) is 0 Å². The summed E-state index contributed by atoms with van der Waals surface area (Å²) in [5.41, 5.74) is 1.04. The zero-order valence-corrected chi connectivity index (χ0v) is 25.5. The Hall–Kier alpha value is -0.311. The Morgan fingerprint density at radius 3 is 1.21 bits per heavy atom. The van der Waals surface area contributed by atoms with Crippen molar-refractivity contribution in [1.82, 2.24) is 0 Å². The minimum absolute atomic E-state index is 0.653. The molecule has 0 aliphatic carbocycles. The summed E-state index contributed by atoms with van der Waals surface area (Å²) in [6.45, 7) is 6.88. The molecule has 33 heavy (non-hydrogen) atoms. The van der Waals surface area contributed by atoms with Gasteiger partial charge in [-0.1, -0.05) is 0 Å². The molecule has 0 aromatic heterocycles. The monoisotopic (exact) mass is 564 g/mol. The van der Waals surface area contributed by atoms with Crippen molar-refractivity contribution in [3.63, 3.8) is 0 Å². The summed E-state index contributed by atoms with van der Waals surface area (Å²) in [7, 11) is 0. The van der Waals surface area contributed by atoms with Crippen LogP contribution in [0.5, 0.6) is 0 Å². The first kappa shape index (κ1) is 30.7. The quantitative estimate of drug-likeness (QED) is 0.0956. The summed E-state index contributed by atoms with van der Waals surface area (Å²) in [5, 5.41) is 0. The molecule has 0 bridgehead atoms. The van der Waals surface area contributed by atoms with E-state index in [9.17, 15) is 4.79 Å². The average Bonchev–Trinajstić information content (AvgIpc) is 2.85. The number of carbonyl (C=O) groups is 1. The third-order valence-electron chi connectivity index (χ3n) is 7.54. The van der Waals surface area contributed by atoms with E-state index >= 15 is 0 Å². The zero-order chi connectivity index (χ0) is 24.0. The molecule has 1 aromatic rings. The molecule has 0 unspecified atom stereocenters. The van der Waals surface area contributed by atoms with Gasteiger partial charge in [-0.15, -0.1) is 0 Å². The van der Waals surface area contributed by atoms with E-state index in [1.807, 2.05) is 0 Å². The second kappa shape index (κ2) is 21.0. The molecular weight excluding hydrogens is 507 g/mol. The number of hydrogen-bond acceptors (Lipinski definition) is 1. The SMILES string of the molecule is CCCCCCC[CH2][Sn]([CH2]CCCCCCC)([CH2]CCCCCCC)[C](=O)c1ccccc1. The standard InChI is InChI=1S/3C8H17.C7H5O.Sn/c3*1-3-5-7-8-6-4-2;8-6-7-4-2-1-3-5-7;/h3*1,3-8H2,2H3;1-5H;. The van der Waals surface area contributed by atoms with Crippen LogP contribution >= 0.6 is 0 Å². The molecule has 0 fully saturated rings. The van der Waals surface area contributed by atoms with Crippen LogP contribution < -0.4 is 0 Å². The van der Waals surface area contributed by atoms with Gasteiger partial charge in [-0.05, 0) is 0 Å². The van der Waals surface area contributed by atoms with E-state index in [2.05, 4.69) is 51.1 Å². The Morgan fingerprint density at radius 1 is 0.515 bits per heavy atom. The van der Waals surface area contributed by atoms with Gasteiger partial charge in [0.15, 0.2) is 0 Å². The Bertz CT molecular complexity index is 527. The number of rotatable bonds is 23. The summed E-state index contributed by atoms with van der Waals surface area (Å²) in [4.78, 5) is 14.1. The van der Waals surface area contributed by atoms with Crippen LogP contribution in [-0.4, -0.2) is 22.2 Å². The van der Waals surface area contributed by atoms with Gasteiger partial charge < -0.3 is 0 Å². The summed E-state index contributed by atoms with van der Waals surface area (Å²) in [6.07, 6.45) is 24.2. The third-order valence-corrected chi connectivity index (χ3v) is 22.3. The molecule has 1 nitrogen and oxygen atoms in total. The molecule has 0 spiro atoms. The Labute approximate surface area is 211 Å². The van der Waals surface area contributed by atoms with Gasteiger partial charge >= 0.3 is 213 Å². The number of unbranched alkanes of at least 4 members (excludes halogenated alkanes) is 15. The van der Waals surface area contributed by atoms with Crippen molar-refractivity contribution in [1.29, 1.82) is 0 Å². The first-order chi connectivity index (χ1) is 16.2. The van der Waals surface area contributed by atoms with Crippen molar-refractivity contribution in [3.8, 4) is 0 Å². The van der Waals surface area contributed by atoms with Crippen molar-refractivity contribution < 1.29 is 4.79 Å². The average molecular weight is 563 g/mol. The topological polar surface area (TPSA) is 17.1 Å². The molecule has 0 saturated carbocycles. The molecule has 0 atom stereocenters. The molecule has 0 aliphatic rings. The van der Waals surface area contributed by atoms with Crippen LogP contribution in [0.1, 0.15) is 147 Å². The van der Waals surface area contributed by atoms with E-state index in [1.165, 1.54) is 129 Å². The van der Waals surface area contributed by atoms with Crippen molar-refractivity contribution in [2.24, 2.45) is 0 Å². The van der Waals surface area contributed by atoms with Crippen molar-refractivity contribution in [2.45, 2.75) is 150 Å². The van der Waals surface area contributed by atoms with E-state index in [0.717, 1.165) is 5.56 Å². The van der Waals surface area contributed by atoms with Crippen molar-refractivity contribution in [3.05, 3.63) is 35.9 Å². The molecule has 0 heterocycles. The molecule has 0 N–H and O–H groups in total. The summed E-state index contributed by atoms with van der Waals surface area (Å²) in [5.74, 6) is 0. The van der Waals surface area contributed by atoms with Crippen LogP contribution in [0.25, 0.3) is 0 Å². The number of carbonyl (C=O) groups excluding carboxylic acids is 1. The van der Waals surface area contributed by atoms with Gasteiger partial charge in [0.05, 0.1) is 0 Å². The predicted octanol–water partition coefficient (Wildman–Crippen LogP) is 10.9. The Kier molecular flexibility index (Phi) is 19.6. The van der Waals surface area contributed by atoms with Gasteiger partial charge in [0.1, 0.15) is 0 Å². The fraction of sp³-hybridized carbons (Fsp3) is 0.774. The number of hydrogen-bond donors (Lipinski definition) is 0. The maximum absolute atomic E-state index is 14.1. The van der Waals surface area contributed by atoms with Crippen LogP contribution in [-0.2, 0) is 0 Å². The fourth-order valence-corrected chi connectivity index (χ4v) is 19.6. The predicted molar refractivity (Wildman–Crippen MR) is 151 cm³/mol. The molecule has 0 saturated heterocycles. The van der Waals surface area contributed by atoms with Crippen molar-refractivity contribution in [2.75, 3.05) is 0 Å². The first-order valence-corrected chi connectivity index (χ1v) is 22.3. The molecular formula is C31H56OSn. The van der Waals surface area contributed by atoms with Gasteiger partial charge in [-0.25, -0.2) is 0 Å². The molecule has 190 valence electrons. The summed E-state index contributed by atoms with van der Waals surface area (Å²) >= 11 is -2.93. The van der Waals surface area contributed by atoms with E-state index < -0.39 is 18.4 Å². The maximum atomic E-state index is 14.1. The second-order valence-electron chi connectivity index (χ2n) is 10.5. The van der Waals surface area contributed by atoms with Gasteiger partial charge in [0, 0.05) is 0 Å². The van der Waals surface area contributed by atoms with Crippen LogP contribution in [0.3, 0.4) is 0 Å². The molecule has 1 aromatic carbocycles. The number of benzene rings is 1. The zero-order valence-electron chi connectivity index (χ0n) is 22.6. The van der Waals surface area contributed by atoms with Gasteiger partial charge in [0.25, 0.3) is 0 Å². The summed E-state index contributed by atoms with van der Waals surface area (Å²) < 4.78 is 4.57. The van der Waals surface area contributed by atoms with E-state index in [0.29, 0.717) is 3.80 Å². The molecule has 0 aliphatic heterocycles. The van der Waals surface area contributed by atoms with Gasteiger partial charge in [-0.2, -0.15) is 0 Å². The Morgan fingerprint density at radius 2 is 0.848 bits per heavy atom. The fourth-order valence-electron chi connectivity index (χ4n) is 5.34. The van der Waals surface area contributed by atoms with Crippen LogP contribution in [0.4, 0.5) is 0 Å². The van der Waals surface area contributed by atoms with Gasteiger partial charge in [-0.3, -0.25) is 0 Å². The summed E-state index contributed by atoms with van der Waals surface area (Å²) in [6, 6.07) is 10.4. The molecule has 0 radical (unpaired) electrons. The third kappa shape index (κ3) is 14.0. The van der Waals surface area contributed by atoms with Crippen molar-refractivity contribution >= 4 is 22.2 Å². The van der Waals surface area contributed by atoms with Gasteiger partial charge in [0.2, 0.25) is 0 Å². The van der Waals surface area contributed by atoms with Crippen LogP contribution in [0.15, 0.2) is 30.3 Å². The minimum atomic E-state index is -2.93. The van der Waals surface area contributed by atoms with Crippen LogP contribution in [0, 0.1) is 0 Å². The Balaban J connectivity index is 2.83.